The van der Waals surface area contributed by atoms with Crippen LogP contribution in [-0.4, -0.2) is 26.8 Å². The van der Waals surface area contributed by atoms with Gasteiger partial charge in [0.25, 0.3) is 5.91 Å². The number of aryl methyl sites for hydroxylation is 1. The minimum atomic E-state index is -0.943. The van der Waals surface area contributed by atoms with Crippen LogP contribution in [0.15, 0.2) is 54.7 Å². The molecular weight excluding hydrogens is 401 g/mol. The number of benzene rings is 2. The van der Waals surface area contributed by atoms with Crippen molar-refractivity contribution in [1.82, 2.24) is 15.1 Å². The molecule has 0 atom stereocenters. The molecule has 0 aliphatic heterocycles. The van der Waals surface area contributed by atoms with E-state index in [9.17, 15) is 9.59 Å². The quantitative estimate of drug-likeness (QED) is 0.601. The Morgan fingerprint density at radius 1 is 1.07 bits per heavy atom. The Hall–Kier alpha value is -2.83. The predicted molar refractivity (Wildman–Crippen MR) is 108 cm³/mol. The molecule has 144 valence electrons. The third kappa shape index (κ3) is 4.91. The van der Waals surface area contributed by atoms with E-state index in [4.69, 9.17) is 28.3 Å². The highest BCUT2D eigenvalue weighted by Gasteiger charge is 2.19. The summed E-state index contributed by atoms with van der Waals surface area (Å²) < 4.78 is 1.45. The second-order valence-corrected chi connectivity index (χ2v) is 6.91. The molecule has 1 amide bonds. The molecule has 1 aromatic heterocycles. The molecule has 28 heavy (non-hydrogen) atoms. The molecule has 0 saturated carbocycles. The van der Waals surface area contributed by atoms with E-state index < -0.39 is 5.97 Å². The lowest BCUT2D eigenvalue weighted by molar-refractivity contribution is -0.137. The van der Waals surface area contributed by atoms with Crippen molar-refractivity contribution >= 4 is 35.1 Å². The van der Waals surface area contributed by atoms with E-state index >= 15 is 0 Å². The van der Waals surface area contributed by atoms with Gasteiger partial charge < -0.3 is 10.4 Å². The molecule has 0 aliphatic carbocycles. The Bertz CT molecular complexity index is 1000. The zero-order valence-electron chi connectivity index (χ0n) is 14.7. The highest BCUT2D eigenvalue weighted by atomic mass is 35.5. The molecule has 1 heterocycles. The Kier molecular flexibility index (Phi) is 6.34. The van der Waals surface area contributed by atoms with Crippen molar-refractivity contribution in [1.29, 1.82) is 0 Å². The number of carboxylic acid groups (broad SMARTS) is 1. The fraction of sp³-hybridized carbons (Fsp3) is 0.150. The van der Waals surface area contributed by atoms with Gasteiger partial charge in [-0.05, 0) is 17.7 Å². The number of hydrogen-bond acceptors (Lipinski definition) is 3. The number of nitrogens with one attached hydrogen (secondary N) is 1. The maximum atomic E-state index is 12.8. The molecule has 2 N–H and O–H groups in total. The number of aliphatic carboxylic acids is 1. The average Bonchev–Trinajstić information content (AvgIpc) is 3.12. The summed E-state index contributed by atoms with van der Waals surface area (Å²) in [5.74, 6) is -1.26. The van der Waals surface area contributed by atoms with Crippen molar-refractivity contribution in [2.24, 2.45) is 0 Å². The minimum absolute atomic E-state index is 0.104. The first-order valence-corrected chi connectivity index (χ1v) is 9.26. The number of halogens is 2. The smallest absolute Gasteiger partial charge is 0.305 e. The summed E-state index contributed by atoms with van der Waals surface area (Å²) in [6.45, 7) is 0.510. The first-order valence-electron chi connectivity index (χ1n) is 8.51. The lowest BCUT2D eigenvalue weighted by Crippen LogP contribution is -2.23. The van der Waals surface area contributed by atoms with Gasteiger partial charge in [-0.2, -0.15) is 5.10 Å². The fourth-order valence-electron chi connectivity index (χ4n) is 2.64. The number of aromatic nitrogens is 2. The summed E-state index contributed by atoms with van der Waals surface area (Å²) in [5, 5.41) is 16.9. The molecular formula is C20H17Cl2N3O3. The van der Waals surface area contributed by atoms with Gasteiger partial charge in [0, 0.05) is 18.3 Å². The molecule has 0 unspecified atom stereocenters. The number of rotatable bonds is 7. The largest absolute Gasteiger partial charge is 0.481 e. The van der Waals surface area contributed by atoms with Crippen molar-refractivity contribution in [2.45, 2.75) is 19.5 Å². The van der Waals surface area contributed by atoms with Gasteiger partial charge >= 0.3 is 5.97 Å². The average molecular weight is 418 g/mol. The number of hydrogen-bond donors (Lipinski definition) is 2. The predicted octanol–water partition coefficient (Wildman–Crippen LogP) is 4.26. The number of nitrogens with zero attached hydrogens (tertiary/aromatic N) is 2. The molecule has 0 radical (unpaired) electrons. The van der Waals surface area contributed by atoms with Crippen LogP contribution in [0.1, 0.15) is 22.3 Å². The van der Waals surface area contributed by atoms with E-state index in [0.717, 1.165) is 5.56 Å². The number of carbonyl (C=O) groups excluding carboxylic acids is 1. The van der Waals surface area contributed by atoms with Crippen molar-refractivity contribution in [3.8, 4) is 11.3 Å². The first-order chi connectivity index (χ1) is 13.4. The second-order valence-electron chi connectivity index (χ2n) is 6.10. The van der Waals surface area contributed by atoms with Gasteiger partial charge in [-0.3, -0.25) is 14.3 Å². The SMILES string of the molecule is O=C(O)CCn1cc(C(=O)NCc2ccccc2)c(-c2ccc(Cl)c(Cl)c2)n1. The van der Waals surface area contributed by atoms with E-state index in [0.29, 0.717) is 33.4 Å². The molecule has 0 spiro atoms. The molecule has 8 heteroatoms. The third-order valence-electron chi connectivity index (χ3n) is 4.05. The molecule has 3 rings (SSSR count). The number of carboxylic acids is 1. The van der Waals surface area contributed by atoms with Gasteiger partial charge in [-0.25, -0.2) is 0 Å². The van der Waals surface area contributed by atoms with Crippen molar-refractivity contribution < 1.29 is 14.7 Å². The van der Waals surface area contributed by atoms with Crippen LogP contribution >= 0.6 is 23.2 Å². The second kappa shape index (κ2) is 8.91. The normalized spacial score (nSPS) is 10.6. The molecule has 0 fully saturated rings. The first kappa shape index (κ1) is 19.9. The lowest BCUT2D eigenvalue weighted by Gasteiger charge is -2.06. The Balaban J connectivity index is 1.89. The van der Waals surface area contributed by atoms with Crippen molar-refractivity contribution in [3.05, 3.63) is 75.9 Å². The monoisotopic (exact) mass is 417 g/mol. The van der Waals surface area contributed by atoms with E-state index in [1.807, 2.05) is 30.3 Å². The summed E-state index contributed by atoms with van der Waals surface area (Å²) in [4.78, 5) is 23.6. The standard InChI is InChI=1S/C20H17Cl2N3O3/c21-16-7-6-14(10-17(16)22)19-15(12-25(24-19)9-8-18(26)27)20(28)23-11-13-4-2-1-3-5-13/h1-7,10,12H,8-9,11H2,(H,23,28)(H,26,27). The van der Waals surface area contributed by atoms with E-state index in [-0.39, 0.29) is 18.9 Å². The molecule has 0 bridgehead atoms. The van der Waals surface area contributed by atoms with Gasteiger partial charge in [0.15, 0.2) is 0 Å². The van der Waals surface area contributed by atoms with Gasteiger partial charge in [-0.15, -0.1) is 0 Å². The van der Waals surface area contributed by atoms with Crippen molar-refractivity contribution in [3.63, 3.8) is 0 Å². The molecule has 3 aromatic rings. The summed E-state index contributed by atoms with van der Waals surface area (Å²) in [5.41, 5.74) is 2.33. The highest BCUT2D eigenvalue weighted by Crippen LogP contribution is 2.29. The van der Waals surface area contributed by atoms with Crippen LogP contribution < -0.4 is 5.32 Å². The highest BCUT2D eigenvalue weighted by molar-refractivity contribution is 6.42. The van der Waals surface area contributed by atoms with Crippen molar-refractivity contribution in [2.75, 3.05) is 0 Å². The molecule has 6 nitrogen and oxygen atoms in total. The topological polar surface area (TPSA) is 84.2 Å². The number of amides is 1. The van der Waals surface area contributed by atoms with Gasteiger partial charge in [0.2, 0.25) is 0 Å². The Morgan fingerprint density at radius 3 is 2.50 bits per heavy atom. The summed E-state index contributed by atoms with van der Waals surface area (Å²) in [6, 6.07) is 14.5. The van der Waals surface area contributed by atoms with Gasteiger partial charge in [0.05, 0.1) is 28.6 Å². The summed E-state index contributed by atoms with van der Waals surface area (Å²) in [6.07, 6.45) is 1.44. The van der Waals surface area contributed by atoms with Gasteiger partial charge in [0.1, 0.15) is 5.69 Å². The van der Waals surface area contributed by atoms with Crippen LogP contribution in [0.25, 0.3) is 11.3 Å². The van der Waals surface area contributed by atoms with Crippen LogP contribution in [0.2, 0.25) is 10.0 Å². The minimum Gasteiger partial charge on any atom is -0.481 e. The van der Waals surface area contributed by atoms with Gasteiger partial charge in [-0.1, -0.05) is 59.6 Å². The summed E-state index contributed by atoms with van der Waals surface area (Å²) in [7, 11) is 0. The van der Waals surface area contributed by atoms with Crippen LogP contribution in [0.3, 0.4) is 0 Å². The zero-order valence-corrected chi connectivity index (χ0v) is 16.2. The molecule has 2 aromatic carbocycles. The summed E-state index contributed by atoms with van der Waals surface area (Å²) >= 11 is 12.1. The van der Waals surface area contributed by atoms with E-state index in [2.05, 4.69) is 10.4 Å². The lowest BCUT2D eigenvalue weighted by atomic mass is 10.1. The van der Waals surface area contributed by atoms with Crippen LogP contribution in [0, 0.1) is 0 Å². The molecule has 0 saturated heterocycles. The van der Waals surface area contributed by atoms with E-state index in [1.165, 1.54) is 4.68 Å². The maximum absolute atomic E-state index is 12.8. The molecule has 0 aliphatic rings. The fourth-order valence-corrected chi connectivity index (χ4v) is 2.94. The Morgan fingerprint density at radius 2 is 1.82 bits per heavy atom. The zero-order chi connectivity index (χ0) is 20.1. The van der Waals surface area contributed by atoms with Crippen LogP contribution in [-0.2, 0) is 17.9 Å². The Labute approximate surface area is 171 Å². The number of carbonyl (C=O) groups is 2. The maximum Gasteiger partial charge on any atom is 0.305 e. The third-order valence-corrected chi connectivity index (χ3v) is 4.79. The van der Waals surface area contributed by atoms with E-state index in [1.54, 1.807) is 24.4 Å². The van der Waals surface area contributed by atoms with Crippen LogP contribution in [0.5, 0.6) is 0 Å². The van der Waals surface area contributed by atoms with Crippen LogP contribution in [0.4, 0.5) is 0 Å².